The Balaban J connectivity index is 0.898. The molecule has 302 valence electrons. The fraction of sp³-hybridized carbons (Fsp3) is 0. The molecule has 0 aliphatic heterocycles. The quantitative estimate of drug-likeness (QED) is 0.124. The van der Waals surface area contributed by atoms with Crippen LogP contribution in [0, 0.1) is 0 Å². The number of hydrogen-bond acceptors (Lipinski definition) is 3. The van der Waals surface area contributed by atoms with Crippen molar-refractivity contribution in [2.45, 2.75) is 0 Å². The first kappa shape index (κ1) is 36.9. The Morgan fingerprint density at radius 2 is 0.862 bits per heavy atom. The third kappa shape index (κ3) is 6.20. The second kappa shape index (κ2) is 15.0. The molecule has 0 aliphatic rings. The summed E-state index contributed by atoms with van der Waals surface area (Å²) in [6, 6.07) is 82.4. The highest BCUT2D eigenvalue weighted by molar-refractivity contribution is 6.28. The SMILES string of the molecule is c1ccc(-c2nc(-c3ccc(-c4ccc5cc(-c6c7ccccc7c(-c7ccccc7)c7ccc8ccccc8c67)ccc5c4)cc3)cc(-c3cccc4c3oc3ccccc34)n2)cc1. The minimum absolute atomic E-state index is 0.672. The van der Waals surface area contributed by atoms with Crippen LogP contribution in [0.5, 0.6) is 0 Å². The maximum absolute atomic E-state index is 6.46. The van der Waals surface area contributed by atoms with Crippen LogP contribution in [0.4, 0.5) is 0 Å². The standard InChI is InChI=1S/C62H38N2O/c1-3-15-42(16-4-1)58-50-21-9-10-22-51(50)59(60-48-19-8-7-14-40(48)34-35-54(58)60)47-33-32-45-36-44(30-31-46(45)37-47)39-26-28-41(29-27-39)55-38-56(64-62(63-55)43-17-5-2-6-18-43)53-24-13-23-52-49-20-11-12-25-57(49)65-61(52)53/h1-38H. The summed E-state index contributed by atoms with van der Waals surface area (Å²) in [6.07, 6.45) is 0. The van der Waals surface area contributed by atoms with E-state index in [9.17, 15) is 0 Å². The Morgan fingerprint density at radius 3 is 1.65 bits per heavy atom. The van der Waals surface area contributed by atoms with Gasteiger partial charge in [-0.2, -0.15) is 0 Å². The highest BCUT2D eigenvalue weighted by atomic mass is 16.3. The molecule has 3 nitrogen and oxygen atoms in total. The van der Waals surface area contributed by atoms with E-state index >= 15 is 0 Å². The van der Waals surface area contributed by atoms with E-state index in [1.54, 1.807) is 0 Å². The van der Waals surface area contributed by atoms with Crippen molar-refractivity contribution in [3.8, 4) is 67.3 Å². The zero-order valence-corrected chi connectivity index (χ0v) is 35.2. The molecular weight excluding hydrogens is 789 g/mol. The molecule has 0 saturated heterocycles. The number of hydrogen-bond donors (Lipinski definition) is 0. The number of rotatable bonds is 6. The van der Waals surface area contributed by atoms with Crippen LogP contribution in [0.3, 0.4) is 0 Å². The third-order valence-corrected chi connectivity index (χ3v) is 13.1. The molecule has 0 bridgehead atoms. The van der Waals surface area contributed by atoms with E-state index in [1.165, 1.54) is 65.3 Å². The molecule has 2 aromatic heterocycles. The second-order valence-electron chi connectivity index (χ2n) is 16.8. The molecule has 0 N–H and O–H groups in total. The summed E-state index contributed by atoms with van der Waals surface area (Å²) in [6.45, 7) is 0. The largest absolute Gasteiger partial charge is 0.455 e. The summed E-state index contributed by atoms with van der Waals surface area (Å²) in [5, 5.41) is 12.1. The minimum atomic E-state index is 0.672. The fourth-order valence-electron chi connectivity index (χ4n) is 9.98. The fourth-order valence-corrected chi connectivity index (χ4v) is 9.98. The molecule has 13 rings (SSSR count). The zero-order valence-electron chi connectivity index (χ0n) is 35.2. The van der Waals surface area contributed by atoms with Crippen LogP contribution in [-0.2, 0) is 0 Å². The van der Waals surface area contributed by atoms with Gasteiger partial charge in [-0.05, 0) is 107 Å². The molecule has 0 spiro atoms. The van der Waals surface area contributed by atoms with Crippen LogP contribution in [-0.4, -0.2) is 9.97 Å². The molecule has 0 amide bonds. The van der Waals surface area contributed by atoms with Crippen molar-refractivity contribution in [3.63, 3.8) is 0 Å². The zero-order chi connectivity index (χ0) is 42.8. The molecule has 0 fully saturated rings. The highest BCUT2D eigenvalue weighted by Gasteiger charge is 2.20. The Kier molecular flexibility index (Phi) is 8.53. The number of fused-ring (bicyclic) bond motifs is 8. The molecule has 65 heavy (non-hydrogen) atoms. The van der Waals surface area contributed by atoms with Gasteiger partial charge >= 0.3 is 0 Å². The van der Waals surface area contributed by atoms with Crippen molar-refractivity contribution in [2.75, 3.05) is 0 Å². The van der Waals surface area contributed by atoms with Gasteiger partial charge in [-0.1, -0.05) is 200 Å². The number of furan rings is 1. The van der Waals surface area contributed by atoms with E-state index in [1.807, 2.05) is 30.3 Å². The van der Waals surface area contributed by atoms with Gasteiger partial charge in [0.25, 0.3) is 0 Å². The minimum Gasteiger partial charge on any atom is -0.455 e. The van der Waals surface area contributed by atoms with Crippen LogP contribution in [0.25, 0.3) is 132 Å². The second-order valence-corrected chi connectivity index (χ2v) is 16.8. The van der Waals surface area contributed by atoms with Crippen LogP contribution < -0.4 is 0 Å². The third-order valence-electron chi connectivity index (χ3n) is 13.1. The number of para-hydroxylation sites is 2. The summed E-state index contributed by atoms with van der Waals surface area (Å²) in [7, 11) is 0. The lowest BCUT2D eigenvalue weighted by Crippen LogP contribution is -1.96. The summed E-state index contributed by atoms with van der Waals surface area (Å²) < 4.78 is 6.46. The number of benzene rings is 11. The first-order chi connectivity index (χ1) is 32.2. The molecule has 11 aromatic carbocycles. The van der Waals surface area contributed by atoms with E-state index in [-0.39, 0.29) is 0 Å². The van der Waals surface area contributed by atoms with Gasteiger partial charge in [-0.15, -0.1) is 0 Å². The maximum atomic E-state index is 6.46. The Hall–Kier alpha value is -8.66. The lowest BCUT2D eigenvalue weighted by atomic mass is 9.83. The molecule has 13 aromatic rings. The van der Waals surface area contributed by atoms with Gasteiger partial charge in [-0.25, -0.2) is 9.97 Å². The summed E-state index contributed by atoms with van der Waals surface area (Å²) in [5.74, 6) is 0.672. The summed E-state index contributed by atoms with van der Waals surface area (Å²) >= 11 is 0. The predicted molar refractivity (Wildman–Crippen MR) is 272 cm³/mol. The van der Waals surface area contributed by atoms with Crippen molar-refractivity contribution in [2.24, 2.45) is 0 Å². The first-order valence-electron chi connectivity index (χ1n) is 22.1. The van der Waals surface area contributed by atoms with Gasteiger partial charge < -0.3 is 4.42 Å². The Labute approximate surface area is 375 Å². The van der Waals surface area contributed by atoms with Gasteiger partial charge in [0.05, 0.1) is 11.4 Å². The summed E-state index contributed by atoms with van der Waals surface area (Å²) in [5.41, 5.74) is 13.6. The summed E-state index contributed by atoms with van der Waals surface area (Å²) in [4.78, 5) is 10.3. The van der Waals surface area contributed by atoms with Gasteiger partial charge in [0.2, 0.25) is 0 Å². The van der Waals surface area contributed by atoms with E-state index in [4.69, 9.17) is 14.4 Å². The van der Waals surface area contributed by atoms with Crippen molar-refractivity contribution in [1.82, 2.24) is 9.97 Å². The number of aromatic nitrogens is 2. The molecule has 0 atom stereocenters. The molecule has 0 aliphatic carbocycles. The smallest absolute Gasteiger partial charge is 0.160 e. The Morgan fingerprint density at radius 1 is 0.292 bits per heavy atom. The monoisotopic (exact) mass is 826 g/mol. The van der Waals surface area contributed by atoms with Gasteiger partial charge in [0.1, 0.15) is 11.2 Å². The lowest BCUT2D eigenvalue weighted by molar-refractivity contribution is 0.670. The molecule has 0 saturated carbocycles. The van der Waals surface area contributed by atoms with Gasteiger partial charge in [0, 0.05) is 27.5 Å². The average molecular weight is 827 g/mol. The van der Waals surface area contributed by atoms with Crippen molar-refractivity contribution in [3.05, 3.63) is 231 Å². The van der Waals surface area contributed by atoms with Crippen LogP contribution in [0.2, 0.25) is 0 Å². The molecule has 2 heterocycles. The Bertz CT molecular complexity index is 3980. The van der Waals surface area contributed by atoms with Crippen molar-refractivity contribution < 1.29 is 4.42 Å². The van der Waals surface area contributed by atoms with Crippen molar-refractivity contribution in [1.29, 1.82) is 0 Å². The number of nitrogens with zero attached hydrogens (tertiary/aromatic N) is 2. The van der Waals surface area contributed by atoms with E-state index in [0.29, 0.717) is 5.82 Å². The maximum Gasteiger partial charge on any atom is 0.160 e. The normalized spacial score (nSPS) is 11.7. The van der Waals surface area contributed by atoms with E-state index in [0.717, 1.165) is 61.1 Å². The highest BCUT2D eigenvalue weighted by Crippen LogP contribution is 2.47. The van der Waals surface area contributed by atoms with Crippen LogP contribution >= 0.6 is 0 Å². The molecule has 0 unspecified atom stereocenters. The molecule has 3 heteroatoms. The average Bonchev–Trinajstić information content (AvgIpc) is 3.77. The van der Waals surface area contributed by atoms with Crippen LogP contribution in [0.1, 0.15) is 0 Å². The molecule has 0 radical (unpaired) electrons. The van der Waals surface area contributed by atoms with Crippen molar-refractivity contribution >= 4 is 65.0 Å². The van der Waals surface area contributed by atoms with E-state index in [2.05, 4.69) is 200 Å². The topological polar surface area (TPSA) is 38.9 Å². The predicted octanol–water partition coefficient (Wildman–Crippen LogP) is 17.0. The first-order valence-corrected chi connectivity index (χ1v) is 22.1. The van der Waals surface area contributed by atoms with Gasteiger partial charge in [-0.3, -0.25) is 0 Å². The van der Waals surface area contributed by atoms with Gasteiger partial charge in [0.15, 0.2) is 5.82 Å². The lowest BCUT2D eigenvalue weighted by Gasteiger charge is -2.19. The van der Waals surface area contributed by atoms with Crippen LogP contribution in [0.15, 0.2) is 235 Å². The molecular formula is C62H38N2O. The van der Waals surface area contributed by atoms with E-state index < -0.39 is 0 Å².